The molecule has 4 nitrogen and oxygen atoms in total. The van der Waals surface area contributed by atoms with Crippen LogP contribution in [0.2, 0.25) is 0 Å². The number of hydrogen-bond donors (Lipinski definition) is 1. The van der Waals surface area contributed by atoms with Crippen LogP contribution < -0.4 is 66.7 Å². The summed E-state index contributed by atoms with van der Waals surface area (Å²) in [5, 5.41) is 15.8. The van der Waals surface area contributed by atoms with Crippen molar-refractivity contribution in [2.24, 2.45) is 5.41 Å². The van der Waals surface area contributed by atoms with Crippen LogP contribution in [0.3, 0.4) is 0 Å². The van der Waals surface area contributed by atoms with Gasteiger partial charge in [-0.05, 0) is 23.6 Å². The summed E-state index contributed by atoms with van der Waals surface area (Å²) in [4.78, 5) is 6.55. The maximum absolute atomic E-state index is 11.8. The number of rotatable bonds is 1. The summed E-state index contributed by atoms with van der Waals surface area (Å²) in [5.74, 6) is 0.0578. The van der Waals surface area contributed by atoms with Crippen molar-refractivity contribution in [1.82, 2.24) is 10.3 Å². The number of pyridine rings is 1. The van der Waals surface area contributed by atoms with Crippen molar-refractivity contribution >= 4 is 16.6 Å². The molecular weight excluding hydrogens is 265 g/mol. The van der Waals surface area contributed by atoms with Crippen molar-refractivity contribution in [2.75, 3.05) is 31.1 Å². The van der Waals surface area contributed by atoms with Gasteiger partial charge in [-0.15, -0.1) is 0 Å². The Labute approximate surface area is 154 Å². The van der Waals surface area contributed by atoms with Gasteiger partial charge >= 0.3 is 51.4 Å². The van der Waals surface area contributed by atoms with Gasteiger partial charge in [-0.1, -0.05) is 11.8 Å². The molecule has 2 aliphatic heterocycles. The SMILES string of the molecule is [K+].[O-]c1ccnc2ccc(N3CC4(CNC4)C3)cc12. The topological polar surface area (TPSA) is 51.2 Å². The van der Waals surface area contributed by atoms with E-state index in [4.69, 9.17) is 0 Å². The second-order valence-corrected chi connectivity index (χ2v) is 5.47. The van der Waals surface area contributed by atoms with Gasteiger partial charge in [0.1, 0.15) is 0 Å². The van der Waals surface area contributed by atoms with Gasteiger partial charge in [-0.2, -0.15) is 0 Å². The smallest absolute Gasteiger partial charge is 0.872 e. The van der Waals surface area contributed by atoms with Crippen LogP contribution in [-0.4, -0.2) is 31.2 Å². The van der Waals surface area contributed by atoms with Crippen LogP contribution in [0.15, 0.2) is 30.5 Å². The van der Waals surface area contributed by atoms with Gasteiger partial charge < -0.3 is 15.3 Å². The fourth-order valence-electron chi connectivity index (χ4n) is 2.95. The van der Waals surface area contributed by atoms with Crippen LogP contribution in [0.25, 0.3) is 10.9 Å². The van der Waals surface area contributed by atoms with Crippen LogP contribution in [0.4, 0.5) is 5.69 Å². The fraction of sp³-hybridized carbons (Fsp3) is 0.357. The number of hydrogen-bond acceptors (Lipinski definition) is 4. The molecule has 1 aromatic heterocycles. The number of benzene rings is 1. The van der Waals surface area contributed by atoms with Gasteiger partial charge in [0.05, 0.1) is 5.52 Å². The fourth-order valence-corrected chi connectivity index (χ4v) is 2.95. The zero-order valence-corrected chi connectivity index (χ0v) is 14.1. The van der Waals surface area contributed by atoms with Crippen LogP contribution >= 0.6 is 0 Å². The number of anilines is 1. The van der Waals surface area contributed by atoms with Gasteiger partial charge in [0, 0.05) is 43.5 Å². The van der Waals surface area contributed by atoms with Gasteiger partial charge in [0.2, 0.25) is 0 Å². The molecule has 19 heavy (non-hydrogen) atoms. The average Bonchev–Trinajstić information content (AvgIpc) is 2.26. The quantitative estimate of drug-likeness (QED) is 0.598. The first-order chi connectivity index (χ1) is 8.76. The van der Waals surface area contributed by atoms with Crippen molar-refractivity contribution in [3.8, 4) is 5.75 Å². The Morgan fingerprint density at radius 1 is 1.21 bits per heavy atom. The van der Waals surface area contributed by atoms with E-state index in [1.807, 2.05) is 12.1 Å². The second kappa shape index (κ2) is 4.98. The molecule has 4 rings (SSSR count). The standard InChI is InChI=1S/C14H15N3O.K/c18-13-3-4-16-12-2-1-10(5-11(12)13)17-8-14(9-17)6-15-7-14;/h1-5,15H,6-9H2,(H,16,18);/q;+1/p-1. The average molecular weight is 279 g/mol. The van der Waals surface area contributed by atoms with Gasteiger partial charge in [-0.25, -0.2) is 0 Å². The number of aromatic nitrogens is 1. The number of fused-ring (bicyclic) bond motifs is 1. The predicted molar refractivity (Wildman–Crippen MR) is 68.7 cm³/mol. The Morgan fingerprint density at radius 3 is 2.68 bits per heavy atom. The Morgan fingerprint density at radius 2 is 2.00 bits per heavy atom. The zero-order valence-electron chi connectivity index (χ0n) is 11.0. The van der Waals surface area contributed by atoms with E-state index in [2.05, 4.69) is 21.3 Å². The molecular formula is C14H14KN3O. The van der Waals surface area contributed by atoms with E-state index in [9.17, 15) is 5.11 Å². The molecule has 92 valence electrons. The van der Waals surface area contributed by atoms with Crippen molar-refractivity contribution in [3.63, 3.8) is 0 Å². The Kier molecular flexibility index (Phi) is 3.62. The molecule has 0 saturated carbocycles. The molecule has 1 aromatic carbocycles. The number of nitrogens with one attached hydrogen (secondary N) is 1. The first-order valence-electron chi connectivity index (χ1n) is 6.27. The molecule has 0 atom stereocenters. The van der Waals surface area contributed by atoms with E-state index < -0.39 is 0 Å². The van der Waals surface area contributed by atoms with Gasteiger partial charge in [-0.3, -0.25) is 4.98 Å². The van der Waals surface area contributed by atoms with Gasteiger partial charge in [0.25, 0.3) is 0 Å². The Bertz CT molecular complexity index is 619. The Hall–Kier alpha value is -0.174. The molecule has 1 N–H and O–H groups in total. The molecule has 1 spiro atoms. The molecule has 0 unspecified atom stereocenters. The molecule has 0 aliphatic carbocycles. The van der Waals surface area contributed by atoms with E-state index in [0.29, 0.717) is 5.41 Å². The van der Waals surface area contributed by atoms with Crippen molar-refractivity contribution in [3.05, 3.63) is 30.5 Å². The Balaban J connectivity index is 0.00000110. The third-order valence-electron chi connectivity index (χ3n) is 4.10. The minimum Gasteiger partial charge on any atom is -0.872 e. The summed E-state index contributed by atoms with van der Waals surface area (Å²) >= 11 is 0. The largest absolute Gasteiger partial charge is 1.00 e. The minimum absolute atomic E-state index is 0. The number of nitrogens with zero attached hydrogens (tertiary/aromatic N) is 2. The molecule has 2 aromatic rings. The van der Waals surface area contributed by atoms with E-state index in [-0.39, 0.29) is 57.1 Å². The monoisotopic (exact) mass is 279 g/mol. The van der Waals surface area contributed by atoms with Crippen molar-refractivity contribution < 1.29 is 56.5 Å². The van der Waals surface area contributed by atoms with Crippen molar-refractivity contribution in [1.29, 1.82) is 0 Å². The summed E-state index contributed by atoms with van der Waals surface area (Å²) < 4.78 is 0. The molecule has 0 radical (unpaired) electrons. The summed E-state index contributed by atoms with van der Waals surface area (Å²) in [6, 6.07) is 7.51. The minimum atomic E-state index is 0. The van der Waals surface area contributed by atoms with Crippen LogP contribution in [0, 0.1) is 5.41 Å². The molecule has 2 saturated heterocycles. The van der Waals surface area contributed by atoms with Crippen LogP contribution in [-0.2, 0) is 0 Å². The molecule has 2 aliphatic rings. The molecule has 0 amide bonds. The summed E-state index contributed by atoms with van der Waals surface area (Å²) in [5.41, 5.74) is 2.43. The molecule has 3 heterocycles. The van der Waals surface area contributed by atoms with E-state index in [1.165, 1.54) is 6.07 Å². The third kappa shape index (κ3) is 2.22. The molecule has 5 heteroatoms. The molecule has 0 bridgehead atoms. The maximum atomic E-state index is 11.8. The van der Waals surface area contributed by atoms with Crippen LogP contribution in [0.5, 0.6) is 5.75 Å². The first kappa shape index (κ1) is 13.8. The van der Waals surface area contributed by atoms with E-state index >= 15 is 0 Å². The normalized spacial score (nSPS) is 19.7. The summed E-state index contributed by atoms with van der Waals surface area (Å²) in [7, 11) is 0. The summed E-state index contributed by atoms with van der Waals surface area (Å²) in [6.45, 7) is 4.46. The van der Waals surface area contributed by atoms with Gasteiger partial charge in [0.15, 0.2) is 0 Å². The first-order valence-corrected chi connectivity index (χ1v) is 6.27. The van der Waals surface area contributed by atoms with E-state index in [1.54, 1.807) is 6.20 Å². The zero-order chi connectivity index (χ0) is 12.2. The predicted octanol–water partition coefficient (Wildman–Crippen LogP) is -2.28. The van der Waals surface area contributed by atoms with Crippen LogP contribution in [0.1, 0.15) is 0 Å². The van der Waals surface area contributed by atoms with E-state index in [0.717, 1.165) is 42.8 Å². The maximum Gasteiger partial charge on any atom is 1.00 e. The summed E-state index contributed by atoms with van der Waals surface area (Å²) in [6.07, 6.45) is 1.57. The molecule has 2 fully saturated rings. The third-order valence-corrected chi connectivity index (χ3v) is 4.10. The second-order valence-electron chi connectivity index (χ2n) is 5.47. The van der Waals surface area contributed by atoms with Crippen molar-refractivity contribution in [2.45, 2.75) is 0 Å².